The third-order valence-electron chi connectivity index (χ3n) is 3.23. The van der Waals surface area contributed by atoms with E-state index in [1.807, 2.05) is 18.7 Å². The molecule has 0 aliphatic heterocycles. The van der Waals surface area contributed by atoms with Gasteiger partial charge in [-0.25, -0.2) is 4.68 Å². The molecule has 2 rings (SSSR count). The van der Waals surface area contributed by atoms with Crippen LogP contribution in [0.3, 0.4) is 0 Å². The molecular formula is C14H15Cl2N5. The molecule has 0 fully saturated rings. The third-order valence-corrected chi connectivity index (χ3v) is 3.96. The van der Waals surface area contributed by atoms with Gasteiger partial charge >= 0.3 is 0 Å². The lowest BCUT2D eigenvalue weighted by Gasteiger charge is -2.17. The van der Waals surface area contributed by atoms with Gasteiger partial charge in [-0.3, -0.25) is 0 Å². The summed E-state index contributed by atoms with van der Waals surface area (Å²) in [5.41, 5.74) is 7.09. The van der Waals surface area contributed by atoms with Crippen molar-refractivity contribution < 1.29 is 0 Å². The Kier molecular flexibility index (Phi) is 4.61. The lowest BCUT2D eigenvalue weighted by atomic mass is 10.3. The Morgan fingerprint density at radius 1 is 1.29 bits per heavy atom. The van der Waals surface area contributed by atoms with Crippen LogP contribution < -0.4 is 10.6 Å². The van der Waals surface area contributed by atoms with Gasteiger partial charge in [0.1, 0.15) is 17.5 Å². The van der Waals surface area contributed by atoms with Crippen molar-refractivity contribution in [1.82, 2.24) is 9.78 Å². The van der Waals surface area contributed by atoms with Crippen LogP contribution in [0, 0.1) is 11.3 Å². The standard InChI is InChI=1S/C14H15Cl2N5/c1-3-20(4-2)14-10(8-17)13(18)21(19-14)9-5-6-11(15)12(16)7-9/h5-7H,3-4,18H2,1-2H3. The first-order valence-electron chi connectivity index (χ1n) is 6.52. The molecule has 2 aromatic rings. The minimum atomic E-state index is 0.290. The molecule has 0 bridgehead atoms. The van der Waals surface area contributed by atoms with Gasteiger partial charge in [-0.1, -0.05) is 23.2 Å². The van der Waals surface area contributed by atoms with E-state index >= 15 is 0 Å². The van der Waals surface area contributed by atoms with E-state index in [1.54, 1.807) is 18.2 Å². The van der Waals surface area contributed by atoms with Crippen LogP contribution in [0.2, 0.25) is 10.0 Å². The number of nitrogen functional groups attached to an aromatic ring is 1. The zero-order chi connectivity index (χ0) is 15.6. The molecule has 5 nitrogen and oxygen atoms in total. The molecule has 0 saturated heterocycles. The number of anilines is 2. The largest absolute Gasteiger partial charge is 0.382 e. The molecule has 0 aliphatic carbocycles. The van der Waals surface area contributed by atoms with Crippen molar-refractivity contribution in [3.63, 3.8) is 0 Å². The van der Waals surface area contributed by atoms with Gasteiger partial charge in [0, 0.05) is 13.1 Å². The van der Waals surface area contributed by atoms with Gasteiger partial charge in [0.25, 0.3) is 0 Å². The van der Waals surface area contributed by atoms with Crippen LogP contribution in [-0.4, -0.2) is 22.9 Å². The topological polar surface area (TPSA) is 70.9 Å². The summed E-state index contributed by atoms with van der Waals surface area (Å²) in [5, 5.41) is 14.7. The van der Waals surface area contributed by atoms with Crippen LogP contribution >= 0.6 is 23.2 Å². The fourth-order valence-electron chi connectivity index (χ4n) is 2.08. The minimum Gasteiger partial charge on any atom is -0.382 e. The lowest BCUT2D eigenvalue weighted by Crippen LogP contribution is -2.23. The van der Waals surface area contributed by atoms with E-state index in [0.717, 1.165) is 13.1 Å². The molecule has 0 unspecified atom stereocenters. The zero-order valence-electron chi connectivity index (χ0n) is 11.8. The molecule has 1 heterocycles. The van der Waals surface area contributed by atoms with Gasteiger partial charge in [-0.2, -0.15) is 5.26 Å². The second kappa shape index (κ2) is 6.25. The van der Waals surface area contributed by atoms with E-state index in [2.05, 4.69) is 11.2 Å². The van der Waals surface area contributed by atoms with Crippen molar-refractivity contribution in [3.05, 3.63) is 33.8 Å². The highest BCUT2D eigenvalue weighted by molar-refractivity contribution is 6.42. The van der Waals surface area contributed by atoms with E-state index in [-0.39, 0.29) is 5.82 Å². The number of hydrogen-bond acceptors (Lipinski definition) is 4. The van der Waals surface area contributed by atoms with E-state index in [9.17, 15) is 5.26 Å². The maximum absolute atomic E-state index is 9.34. The second-order valence-electron chi connectivity index (χ2n) is 4.38. The fourth-order valence-corrected chi connectivity index (χ4v) is 2.38. The highest BCUT2D eigenvalue weighted by atomic mass is 35.5. The van der Waals surface area contributed by atoms with E-state index < -0.39 is 0 Å². The zero-order valence-corrected chi connectivity index (χ0v) is 13.3. The Bertz CT molecular complexity index is 698. The highest BCUT2D eigenvalue weighted by Gasteiger charge is 2.20. The Morgan fingerprint density at radius 2 is 1.95 bits per heavy atom. The van der Waals surface area contributed by atoms with Gasteiger partial charge < -0.3 is 10.6 Å². The molecule has 7 heteroatoms. The van der Waals surface area contributed by atoms with Crippen LogP contribution in [0.4, 0.5) is 11.6 Å². The van der Waals surface area contributed by atoms with Crippen LogP contribution in [0.25, 0.3) is 5.69 Å². The molecule has 0 atom stereocenters. The number of rotatable bonds is 4. The molecule has 1 aromatic heterocycles. The summed E-state index contributed by atoms with van der Waals surface area (Å²) in [4.78, 5) is 1.98. The maximum Gasteiger partial charge on any atom is 0.171 e. The number of hydrogen-bond donors (Lipinski definition) is 1. The molecule has 0 amide bonds. The van der Waals surface area contributed by atoms with Crippen LogP contribution in [0.5, 0.6) is 0 Å². The average Bonchev–Trinajstić information content (AvgIpc) is 2.80. The maximum atomic E-state index is 9.34. The van der Waals surface area contributed by atoms with Gasteiger partial charge in [0.15, 0.2) is 5.82 Å². The first kappa shape index (κ1) is 15.5. The molecule has 2 N–H and O–H groups in total. The number of benzene rings is 1. The van der Waals surface area contributed by atoms with Crippen molar-refractivity contribution in [2.45, 2.75) is 13.8 Å². The Balaban J connectivity index is 2.60. The molecule has 0 radical (unpaired) electrons. The molecule has 0 spiro atoms. The van der Waals surface area contributed by atoms with Crippen LogP contribution in [0.15, 0.2) is 18.2 Å². The van der Waals surface area contributed by atoms with Crippen LogP contribution in [-0.2, 0) is 0 Å². The first-order chi connectivity index (χ1) is 10.0. The quantitative estimate of drug-likeness (QED) is 0.935. The predicted molar refractivity (Wildman–Crippen MR) is 86.3 cm³/mol. The fraction of sp³-hybridized carbons (Fsp3) is 0.286. The summed E-state index contributed by atoms with van der Waals surface area (Å²) in [6, 6.07) is 7.21. The second-order valence-corrected chi connectivity index (χ2v) is 5.19. The van der Waals surface area contributed by atoms with E-state index in [1.165, 1.54) is 4.68 Å². The van der Waals surface area contributed by atoms with Crippen molar-refractivity contribution >= 4 is 34.8 Å². The molecule has 1 aromatic carbocycles. The Labute approximate surface area is 133 Å². The number of nitrogens with zero attached hydrogens (tertiary/aromatic N) is 4. The summed E-state index contributed by atoms with van der Waals surface area (Å²) in [7, 11) is 0. The van der Waals surface area contributed by atoms with Gasteiger partial charge in [-0.15, -0.1) is 5.10 Å². The monoisotopic (exact) mass is 323 g/mol. The average molecular weight is 324 g/mol. The van der Waals surface area contributed by atoms with Gasteiger partial charge in [0.05, 0.1) is 15.7 Å². The van der Waals surface area contributed by atoms with Gasteiger partial charge in [0.2, 0.25) is 0 Å². The summed E-state index contributed by atoms with van der Waals surface area (Å²) in [6.45, 7) is 5.48. The van der Waals surface area contributed by atoms with Crippen LogP contribution in [0.1, 0.15) is 19.4 Å². The van der Waals surface area contributed by atoms with Crippen molar-refractivity contribution in [2.24, 2.45) is 0 Å². The minimum absolute atomic E-state index is 0.290. The van der Waals surface area contributed by atoms with Gasteiger partial charge in [-0.05, 0) is 32.0 Å². The first-order valence-corrected chi connectivity index (χ1v) is 7.28. The summed E-state index contributed by atoms with van der Waals surface area (Å²) in [6.07, 6.45) is 0. The summed E-state index contributed by atoms with van der Waals surface area (Å²) >= 11 is 11.9. The van der Waals surface area contributed by atoms with Crippen molar-refractivity contribution in [1.29, 1.82) is 5.26 Å². The molecule has 110 valence electrons. The van der Waals surface area contributed by atoms with E-state index in [0.29, 0.717) is 27.1 Å². The molecular weight excluding hydrogens is 309 g/mol. The molecule has 0 saturated carbocycles. The normalized spacial score (nSPS) is 10.4. The van der Waals surface area contributed by atoms with Crippen molar-refractivity contribution in [3.8, 4) is 11.8 Å². The molecule has 21 heavy (non-hydrogen) atoms. The summed E-state index contributed by atoms with van der Waals surface area (Å²) < 4.78 is 1.51. The predicted octanol–water partition coefficient (Wildman–Crippen LogP) is 3.48. The number of nitrogens with two attached hydrogens (primary N) is 1. The SMILES string of the molecule is CCN(CC)c1nn(-c2ccc(Cl)c(Cl)c2)c(N)c1C#N. The Hall–Kier alpha value is -1.90. The van der Waals surface area contributed by atoms with Crippen molar-refractivity contribution in [2.75, 3.05) is 23.7 Å². The summed E-state index contributed by atoms with van der Waals surface area (Å²) in [5.74, 6) is 0.865. The number of nitriles is 1. The highest BCUT2D eigenvalue weighted by Crippen LogP contribution is 2.30. The number of halogens is 2. The Morgan fingerprint density at radius 3 is 2.48 bits per heavy atom. The van der Waals surface area contributed by atoms with E-state index in [4.69, 9.17) is 28.9 Å². The smallest absolute Gasteiger partial charge is 0.171 e. The number of aromatic nitrogens is 2. The molecule has 0 aliphatic rings. The lowest BCUT2D eigenvalue weighted by molar-refractivity contribution is 0.809. The third kappa shape index (κ3) is 2.78.